The number of nitrogens with one attached hydrogen (secondary N) is 1. The molecule has 0 saturated heterocycles. The highest BCUT2D eigenvalue weighted by Crippen LogP contribution is 2.24. The molecule has 2 aromatic heterocycles. The zero-order valence-electron chi connectivity index (χ0n) is 11.0. The molecule has 2 aromatic rings. The van der Waals surface area contributed by atoms with Gasteiger partial charge in [-0.3, -0.25) is 4.98 Å². The van der Waals surface area contributed by atoms with E-state index in [2.05, 4.69) is 30.2 Å². The van der Waals surface area contributed by atoms with Gasteiger partial charge in [0.2, 0.25) is 0 Å². The van der Waals surface area contributed by atoms with Crippen LogP contribution in [0.15, 0.2) is 41.3 Å². The van der Waals surface area contributed by atoms with Crippen molar-refractivity contribution in [3.8, 4) is 0 Å². The van der Waals surface area contributed by atoms with Crippen LogP contribution >= 0.6 is 0 Å². The monoisotopic (exact) mass is 244 g/mol. The molecule has 3 heteroatoms. The number of hydrogen-bond donors (Lipinski definition) is 1. The topological polar surface area (TPSA) is 38.1 Å². The highest BCUT2D eigenvalue weighted by atomic mass is 16.3. The Morgan fingerprint density at radius 2 is 2.22 bits per heavy atom. The summed E-state index contributed by atoms with van der Waals surface area (Å²) < 4.78 is 5.20. The summed E-state index contributed by atoms with van der Waals surface area (Å²) in [6.07, 6.45) is 7.45. The number of furan rings is 1. The number of pyridine rings is 1. The molecule has 1 unspecified atom stereocenters. The molecule has 0 aromatic carbocycles. The van der Waals surface area contributed by atoms with Gasteiger partial charge in [0, 0.05) is 11.8 Å². The van der Waals surface area contributed by atoms with Crippen molar-refractivity contribution in [2.75, 3.05) is 6.54 Å². The third-order valence-corrected chi connectivity index (χ3v) is 3.06. The van der Waals surface area contributed by atoms with Crippen molar-refractivity contribution in [1.82, 2.24) is 10.3 Å². The van der Waals surface area contributed by atoms with Crippen molar-refractivity contribution < 1.29 is 4.42 Å². The minimum absolute atomic E-state index is 0.125. The predicted molar refractivity (Wildman–Crippen MR) is 72.5 cm³/mol. The standard InChI is InChI=1S/C15H20N2O/c1-3-8-16-15(13-7-10-18-11-13)14-12(4-2)6-5-9-17-14/h5-7,9-11,15-16H,3-4,8H2,1-2H3. The second-order valence-electron chi connectivity index (χ2n) is 4.35. The lowest BCUT2D eigenvalue weighted by Gasteiger charge is -2.19. The molecule has 0 bridgehead atoms. The largest absolute Gasteiger partial charge is 0.472 e. The van der Waals surface area contributed by atoms with Gasteiger partial charge in [-0.1, -0.05) is 19.9 Å². The average Bonchev–Trinajstić information content (AvgIpc) is 2.94. The van der Waals surface area contributed by atoms with Crippen LogP contribution in [0.4, 0.5) is 0 Å². The lowest BCUT2D eigenvalue weighted by atomic mass is 10.0. The number of rotatable bonds is 6. The maximum absolute atomic E-state index is 5.20. The summed E-state index contributed by atoms with van der Waals surface area (Å²) in [5.74, 6) is 0. The molecule has 2 heterocycles. The first-order chi connectivity index (χ1) is 8.86. The zero-order chi connectivity index (χ0) is 12.8. The normalized spacial score (nSPS) is 12.6. The second-order valence-corrected chi connectivity index (χ2v) is 4.35. The fourth-order valence-electron chi connectivity index (χ4n) is 2.11. The molecule has 3 nitrogen and oxygen atoms in total. The van der Waals surface area contributed by atoms with Gasteiger partial charge in [-0.2, -0.15) is 0 Å². The molecule has 0 saturated carbocycles. The van der Waals surface area contributed by atoms with E-state index in [4.69, 9.17) is 4.42 Å². The summed E-state index contributed by atoms with van der Waals surface area (Å²) in [5, 5.41) is 3.54. The Kier molecular flexibility index (Phi) is 4.53. The Morgan fingerprint density at radius 1 is 1.33 bits per heavy atom. The van der Waals surface area contributed by atoms with Crippen LogP contribution in [-0.4, -0.2) is 11.5 Å². The van der Waals surface area contributed by atoms with E-state index in [0.717, 1.165) is 30.6 Å². The Morgan fingerprint density at radius 3 is 2.89 bits per heavy atom. The molecule has 0 amide bonds. The van der Waals surface area contributed by atoms with Gasteiger partial charge >= 0.3 is 0 Å². The van der Waals surface area contributed by atoms with Crippen molar-refractivity contribution in [3.63, 3.8) is 0 Å². The van der Waals surface area contributed by atoms with Crippen LogP contribution in [-0.2, 0) is 6.42 Å². The van der Waals surface area contributed by atoms with Gasteiger partial charge in [0.25, 0.3) is 0 Å². The Hall–Kier alpha value is -1.61. The molecular weight excluding hydrogens is 224 g/mol. The van der Waals surface area contributed by atoms with Crippen molar-refractivity contribution >= 4 is 0 Å². The van der Waals surface area contributed by atoms with Crippen molar-refractivity contribution in [2.24, 2.45) is 0 Å². The van der Waals surface area contributed by atoms with Crippen LogP contribution in [0.1, 0.15) is 43.1 Å². The van der Waals surface area contributed by atoms with Crippen LogP contribution in [0.3, 0.4) is 0 Å². The third kappa shape index (κ3) is 2.79. The average molecular weight is 244 g/mol. The molecule has 1 atom stereocenters. The minimum Gasteiger partial charge on any atom is -0.472 e. The van der Waals surface area contributed by atoms with Gasteiger partial charge in [0.05, 0.1) is 24.3 Å². The molecule has 0 radical (unpaired) electrons. The number of hydrogen-bond acceptors (Lipinski definition) is 3. The van der Waals surface area contributed by atoms with Crippen molar-refractivity contribution in [3.05, 3.63) is 53.7 Å². The summed E-state index contributed by atoms with van der Waals surface area (Å²) in [7, 11) is 0. The van der Waals surface area contributed by atoms with Crippen molar-refractivity contribution in [2.45, 2.75) is 32.7 Å². The van der Waals surface area contributed by atoms with E-state index in [9.17, 15) is 0 Å². The van der Waals surface area contributed by atoms with E-state index in [0.29, 0.717) is 0 Å². The van der Waals surface area contributed by atoms with Crippen LogP contribution in [0.2, 0.25) is 0 Å². The summed E-state index contributed by atoms with van der Waals surface area (Å²) in [4.78, 5) is 4.55. The summed E-state index contributed by atoms with van der Waals surface area (Å²) in [6.45, 7) is 5.29. The molecule has 1 N–H and O–H groups in total. The fourth-order valence-corrected chi connectivity index (χ4v) is 2.11. The van der Waals surface area contributed by atoms with Gasteiger partial charge in [-0.05, 0) is 37.1 Å². The Labute approximate surface area is 108 Å². The van der Waals surface area contributed by atoms with Crippen LogP contribution < -0.4 is 5.32 Å². The number of aromatic nitrogens is 1. The molecular formula is C15H20N2O. The van der Waals surface area contributed by atoms with Gasteiger partial charge in [-0.25, -0.2) is 0 Å². The lowest BCUT2D eigenvalue weighted by molar-refractivity contribution is 0.543. The van der Waals surface area contributed by atoms with Gasteiger partial charge in [0.15, 0.2) is 0 Å². The van der Waals surface area contributed by atoms with E-state index >= 15 is 0 Å². The highest BCUT2D eigenvalue weighted by Gasteiger charge is 2.18. The first-order valence-corrected chi connectivity index (χ1v) is 6.56. The van der Waals surface area contributed by atoms with E-state index in [1.165, 1.54) is 5.56 Å². The lowest BCUT2D eigenvalue weighted by Crippen LogP contribution is -2.24. The molecule has 0 aliphatic carbocycles. The van der Waals surface area contributed by atoms with Crippen molar-refractivity contribution in [1.29, 1.82) is 0 Å². The first-order valence-electron chi connectivity index (χ1n) is 6.56. The second kappa shape index (κ2) is 6.36. The Bertz CT molecular complexity index is 465. The van der Waals surface area contributed by atoms with E-state index in [1.54, 1.807) is 12.5 Å². The SMILES string of the molecule is CCCNC(c1ccoc1)c1ncccc1CC. The molecule has 2 rings (SSSR count). The summed E-state index contributed by atoms with van der Waals surface area (Å²) >= 11 is 0. The van der Waals surface area contributed by atoms with E-state index in [1.807, 2.05) is 18.3 Å². The summed E-state index contributed by atoms with van der Waals surface area (Å²) in [5.41, 5.74) is 3.53. The third-order valence-electron chi connectivity index (χ3n) is 3.06. The maximum atomic E-state index is 5.20. The van der Waals surface area contributed by atoms with Gasteiger partial charge in [-0.15, -0.1) is 0 Å². The zero-order valence-corrected chi connectivity index (χ0v) is 11.0. The predicted octanol–water partition coefficient (Wildman–Crippen LogP) is 3.33. The minimum atomic E-state index is 0.125. The first kappa shape index (κ1) is 12.8. The van der Waals surface area contributed by atoms with E-state index < -0.39 is 0 Å². The highest BCUT2D eigenvalue weighted by molar-refractivity contribution is 5.30. The van der Waals surface area contributed by atoms with Crippen LogP contribution in [0, 0.1) is 0 Å². The van der Waals surface area contributed by atoms with Gasteiger partial charge in [0.1, 0.15) is 0 Å². The molecule has 96 valence electrons. The maximum Gasteiger partial charge on any atom is 0.0954 e. The van der Waals surface area contributed by atoms with Gasteiger partial charge < -0.3 is 9.73 Å². The smallest absolute Gasteiger partial charge is 0.0954 e. The number of nitrogens with zero attached hydrogens (tertiary/aromatic N) is 1. The molecule has 0 aliphatic rings. The molecule has 18 heavy (non-hydrogen) atoms. The molecule has 0 spiro atoms. The quantitative estimate of drug-likeness (QED) is 0.847. The number of aryl methyl sites for hydroxylation is 1. The molecule has 0 aliphatic heterocycles. The van der Waals surface area contributed by atoms with E-state index in [-0.39, 0.29) is 6.04 Å². The Balaban J connectivity index is 2.33. The van der Waals surface area contributed by atoms with Crippen LogP contribution in [0.5, 0.6) is 0 Å². The fraction of sp³-hybridized carbons (Fsp3) is 0.400. The summed E-state index contributed by atoms with van der Waals surface area (Å²) in [6, 6.07) is 6.26. The molecule has 0 fully saturated rings. The van der Waals surface area contributed by atoms with Crippen LogP contribution in [0.25, 0.3) is 0 Å².